The summed E-state index contributed by atoms with van der Waals surface area (Å²) in [5.74, 6) is -0.854. The zero-order valence-corrected chi connectivity index (χ0v) is 15.4. The molecule has 0 radical (unpaired) electrons. The number of nitrogens with zero attached hydrogens (tertiary/aromatic N) is 1. The molecule has 3 rings (SSSR count). The van der Waals surface area contributed by atoms with Crippen LogP contribution in [0.25, 0.3) is 11.1 Å². The summed E-state index contributed by atoms with van der Waals surface area (Å²) in [6, 6.07) is 15.1. The van der Waals surface area contributed by atoms with Gasteiger partial charge in [0.2, 0.25) is 5.95 Å². The van der Waals surface area contributed by atoms with E-state index in [0.717, 1.165) is 16.7 Å². The van der Waals surface area contributed by atoms with Crippen molar-refractivity contribution in [3.05, 3.63) is 88.5 Å². The Morgan fingerprint density at radius 2 is 1.96 bits per heavy atom. The zero-order chi connectivity index (χ0) is 19.4. The molecule has 0 aliphatic heterocycles. The molecule has 1 aromatic heterocycles. The van der Waals surface area contributed by atoms with Gasteiger partial charge < -0.3 is 10.4 Å². The largest absolute Gasteiger partial charge is 0.387 e. The maximum absolute atomic E-state index is 13.4. The van der Waals surface area contributed by atoms with Crippen molar-refractivity contribution in [3.8, 4) is 11.1 Å². The number of aromatic nitrogens is 1. The van der Waals surface area contributed by atoms with Gasteiger partial charge in [-0.05, 0) is 53.4 Å². The zero-order valence-electron chi connectivity index (χ0n) is 14.6. The van der Waals surface area contributed by atoms with Crippen molar-refractivity contribution in [2.75, 3.05) is 6.54 Å². The van der Waals surface area contributed by atoms with Gasteiger partial charge in [-0.3, -0.25) is 4.79 Å². The van der Waals surface area contributed by atoms with E-state index in [4.69, 9.17) is 11.6 Å². The molecule has 6 heteroatoms. The van der Waals surface area contributed by atoms with E-state index in [-0.39, 0.29) is 12.5 Å². The van der Waals surface area contributed by atoms with Crippen molar-refractivity contribution >= 4 is 17.5 Å². The molecule has 0 saturated heterocycles. The highest BCUT2D eigenvalue weighted by Gasteiger charge is 2.12. The van der Waals surface area contributed by atoms with Crippen LogP contribution in [0.15, 0.2) is 60.8 Å². The number of rotatable bonds is 5. The van der Waals surface area contributed by atoms with Crippen LogP contribution in [-0.4, -0.2) is 22.5 Å². The van der Waals surface area contributed by atoms with Crippen LogP contribution in [0.2, 0.25) is 5.02 Å². The van der Waals surface area contributed by atoms with Gasteiger partial charge in [0.15, 0.2) is 0 Å². The number of aliphatic hydroxyl groups excluding tert-OH is 1. The molecule has 27 heavy (non-hydrogen) atoms. The van der Waals surface area contributed by atoms with Crippen molar-refractivity contribution in [1.82, 2.24) is 10.3 Å². The van der Waals surface area contributed by atoms with Crippen LogP contribution in [-0.2, 0) is 0 Å². The molecule has 0 fully saturated rings. The van der Waals surface area contributed by atoms with E-state index in [0.29, 0.717) is 16.1 Å². The van der Waals surface area contributed by atoms with Gasteiger partial charge >= 0.3 is 0 Å². The number of hydrogen-bond donors (Lipinski definition) is 2. The minimum Gasteiger partial charge on any atom is -0.387 e. The lowest BCUT2D eigenvalue weighted by Gasteiger charge is -2.13. The average molecular weight is 385 g/mol. The Kier molecular flexibility index (Phi) is 5.84. The third-order valence-corrected chi connectivity index (χ3v) is 4.45. The van der Waals surface area contributed by atoms with Gasteiger partial charge in [-0.2, -0.15) is 4.39 Å². The molecule has 3 aromatic rings. The summed E-state index contributed by atoms with van der Waals surface area (Å²) in [5.41, 5.74) is 3.45. The second-order valence-corrected chi connectivity index (χ2v) is 6.62. The van der Waals surface area contributed by atoms with Gasteiger partial charge in [0, 0.05) is 29.4 Å². The molecular formula is C21H18ClFN2O2. The van der Waals surface area contributed by atoms with Crippen LogP contribution in [0.3, 0.4) is 0 Å². The summed E-state index contributed by atoms with van der Waals surface area (Å²) in [7, 11) is 0. The number of halogens is 2. The average Bonchev–Trinajstić information content (AvgIpc) is 2.68. The number of aliphatic hydroxyl groups is 1. The number of benzene rings is 2. The Bertz CT molecular complexity index is 961. The minimum absolute atomic E-state index is 0.0651. The molecule has 1 atom stereocenters. The Morgan fingerprint density at radius 1 is 1.22 bits per heavy atom. The lowest BCUT2D eigenvalue weighted by atomic mass is 10.0. The van der Waals surface area contributed by atoms with E-state index in [1.54, 1.807) is 48.5 Å². The smallest absolute Gasteiger partial charge is 0.251 e. The highest BCUT2D eigenvalue weighted by Crippen LogP contribution is 2.24. The van der Waals surface area contributed by atoms with Crippen molar-refractivity contribution in [1.29, 1.82) is 0 Å². The van der Waals surface area contributed by atoms with Crippen LogP contribution in [0.4, 0.5) is 4.39 Å². The Hall–Kier alpha value is -2.76. The van der Waals surface area contributed by atoms with Gasteiger partial charge in [0.25, 0.3) is 5.91 Å². The highest BCUT2D eigenvalue weighted by molar-refractivity contribution is 6.30. The summed E-state index contributed by atoms with van der Waals surface area (Å²) in [5, 5.41) is 13.4. The molecule has 4 nitrogen and oxygen atoms in total. The monoisotopic (exact) mass is 384 g/mol. The quantitative estimate of drug-likeness (QED) is 0.644. The molecule has 2 N–H and O–H groups in total. The number of nitrogens with one attached hydrogen (secondary N) is 1. The second kappa shape index (κ2) is 8.29. The first-order valence-electron chi connectivity index (χ1n) is 8.38. The number of hydrogen-bond acceptors (Lipinski definition) is 3. The molecule has 1 heterocycles. The van der Waals surface area contributed by atoms with Crippen LogP contribution in [0.1, 0.15) is 27.6 Å². The summed E-state index contributed by atoms with van der Waals surface area (Å²) < 4.78 is 13.4. The first kappa shape index (κ1) is 19.0. The van der Waals surface area contributed by atoms with Crippen LogP contribution >= 0.6 is 11.6 Å². The maximum atomic E-state index is 13.4. The van der Waals surface area contributed by atoms with Gasteiger partial charge in [0.05, 0.1) is 6.10 Å². The SMILES string of the molecule is Cc1cnc(F)cc1-c1ccc(C(=O)NCC(O)c2cccc(Cl)c2)cc1. The van der Waals surface area contributed by atoms with E-state index in [1.165, 1.54) is 12.3 Å². The first-order chi connectivity index (χ1) is 12.9. The predicted octanol–water partition coefficient (Wildman–Crippen LogP) is 4.31. The van der Waals surface area contributed by atoms with Crippen LogP contribution < -0.4 is 5.32 Å². The summed E-state index contributed by atoms with van der Waals surface area (Å²) in [6.07, 6.45) is 0.622. The predicted molar refractivity (Wildman–Crippen MR) is 103 cm³/mol. The van der Waals surface area contributed by atoms with Crippen LogP contribution in [0.5, 0.6) is 0 Å². The Labute approximate surface area is 161 Å². The van der Waals surface area contributed by atoms with Gasteiger partial charge in [-0.25, -0.2) is 4.98 Å². The molecule has 1 amide bonds. The summed E-state index contributed by atoms with van der Waals surface area (Å²) in [4.78, 5) is 15.9. The topological polar surface area (TPSA) is 62.2 Å². The fraction of sp³-hybridized carbons (Fsp3) is 0.143. The molecule has 0 bridgehead atoms. The Balaban J connectivity index is 1.66. The van der Waals surface area contributed by atoms with Gasteiger partial charge in [-0.15, -0.1) is 0 Å². The first-order valence-corrected chi connectivity index (χ1v) is 8.76. The molecule has 1 unspecified atom stereocenters. The lowest BCUT2D eigenvalue weighted by Crippen LogP contribution is -2.28. The molecule has 0 aliphatic rings. The van der Waals surface area contributed by atoms with Crippen molar-refractivity contribution in [3.63, 3.8) is 0 Å². The van der Waals surface area contributed by atoms with Crippen LogP contribution in [0, 0.1) is 12.9 Å². The summed E-state index contributed by atoms with van der Waals surface area (Å²) in [6.45, 7) is 1.91. The van der Waals surface area contributed by atoms with E-state index < -0.39 is 12.1 Å². The van der Waals surface area contributed by atoms with Crippen molar-refractivity contribution < 1.29 is 14.3 Å². The Morgan fingerprint density at radius 3 is 2.67 bits per heavy atom. The number of amides is 1. The van der Waals surface area contributed by atoms with Gasteiger partial charge in [-0.1, -0.05) is 35.9 Å². The molecule has 138 valence electrons. The number of carbonyl (C=O) groups excluding carboxylic acids is 1. The molecule has 0 spiro atoms. The maximum Gasteiger partial charge on any atom is 0.251 e. The van der Waals surface area contributed by atoms with E-state index in [9.17, 15) is 14.3 Å². The lowest BCUT2D eigenvalue weighted by molar-refractivity contribution is 0.0916. The molecule has 2 aromatic carbocycles. The number of carbonyl (C=O) groups is 1. The third kappa shape index (κ3) is 4.70. The van der Waals surface area contributed by atoms with Crippen molar-refractivity contribution in [2.24, 2.45) is 0 Å². The number of aryl methyl sites for hydroxylation is 1. The highest BCUT2D eigenvalue weighted by atomic mass is 35.5. The normalized spacial score (nSPS) is 11.9. The fourth-order valence-corrected chi connectivity index (χ4v) is 2.93. The summed E-state index contributed by atoms with van der Waals surface area (Å²) >= 11 is 5.91. The van der Waals surface area contributed by atoms with Crippen molar-refractivity contribution in [2.45, 2.75) is 13.0 Å². The fourth-order valence-electron chi connectivity index (χ4n) is 2.73. The molecule has 0 saturated carbocycles. The molecule has 0 aliphatic carbocycles. The van der Waals surface area contributed by atoms with E-state index in [2.05, 4.69) is 10.3 Å². The number of pyridine rings is 1. The minimum atomic E-state index is -0.852. The van der Waals surface area contributed by atoms with E-state index >= 15 is 0 Å². The third-order valence-electron chi connectivity index (χ3n) is 4.22. The second-order valence-electron chi connectivity index (χ2n) is 6.18. The van der Waals surface area contributed by atoms with Gasteiger partial charge in [0.1, 0.15) is 0 Å². The standard InChI is InChI=1S/C21H18ClFN2O2/c1-13-11-24-20(23)10-18(13)14-5-7-15(8-6-14)21(27)25-12-19(26)16-3-2-4-17(22)9-16/h2-11,19,26H,12H2,1H3,(H,25,27). The van der Waals surface area contributed by atoms with E-state index in [1.807, 2.05) is 6.92 Å². The molecular weight excluding hydrogens is 367 g/mol.